The summed E-state index contributed by atoms with van der Waals surface area (Å²) >= 11 is 11.5. The first kappa shape index (κ1) is 29.3. The molecule has 29 heavy (non-hydrogen) atoms. The second-order valence-corrected chi connectivity index (χ2v) is 13.8. The number of thioether (sulfide) groups is 7. The quantitative estimate of drug-likeness (QED) is 0.0564. The summed E-state index contributed by atoms with van der Waals surface area (Å²) in [5, 5.41) is 26.2. The van der Waals surface area contributed by atoms with Crippen molar-refractivity contribution in [2.45, 2.75) is 10.5 Å². The van der Waals surface area contributed by atoms with E-state index in [1.807, 2.05) is 35.3 Å². The first-order valence-corrected chi connectivity index (χ1v) is 15.7. The van der Waals surface area contributed by atoms with Gasteiger partial charge in [-0.2, -0.15) is 35.3 Å². The number of amidine groups is 4. The van der Waals surface area contributed by atoms with Crippen LogP contribution in [0, 0.1) is 5.41 Å². The van der Waals surface area contributed by atoms with Crippen molar-refractivity contribution < 1.29 is 16.2 Å². The molecule has 0 heterocycles. The number of nitrogens with one attached hydrogen (secondary N) is 1. The van der Waals surface area contributed by atoms with E-state index in [-0.39, 0.29) is 5.17 Å². The monoisotopic (exact) mass is 537 g/mol. The third-order valence-electron chi connectivity index (χ3n) is 2.88. The summed E-state index contributed by atoms with van der Waals surface area (Å²) in [5.41, 5.74) is 22.1. The molecule has 15 N–H and O–H groups in total. The van der Waals surface area contributed by atoms with Crippen molar-refractivity contribution in [2.75, 3.05) is 46.0 Å². The van der Waals surface area contributed by atoms with Gasteiger partial charge in [0, 0.05) is 56.5 Å². The van der Waals surface area contributed by atoms with Gasteiger partial charge in [0.05, 0.1) is 0 Å². The molecule has 0 radical (unpaired) electrons. The Balaban J connectivity index is 4.41. The third-order valence-corrected chi connectivity index (χ3v) is 11.3. The molecule has 0 aromatic heterocycles. The van der Waals surface area contributed by atoms with E-state index >= 15 is 0 Å². The van der Waals surface area contributed by atoms with Crippen LogP contribution in [0.5, 0.6) is 0 Å². The first-order valence-electron chi connectivity index (χ1n) is 8.50. The van der Waals surface area contributed by atoms with E-state index < -0.39 is 0 Å². The van der Waals surface area contributed by atoms with Gasteiger partial charge in [-0.3, -0.25) is 38.8 Å². The van der Waals surface area contributed by atoms with Gasteiger partial charge in [-0.05, 0) is 35.3 Å². The lowest BCUT2D eigenvalue weighted by Crippen LogP contribution is -2.43. The van der Waals surface area contributed by atoms with Crippen LogP contribution in [0.25, 0.3) is 0 Å². The average Bonchev–Trinajstić information content (AvgIpc) is 2.62. The molecular weight excluding hydrogens is 505 g/mol. The zero-order valence-corrected chi connectivity index (χ0v) is 21.9. The van der Waals surface area contributed by atoms with Crippen molar-refractivity contribution in [1.82, 2.24) is 0 Å². The average molecular weight is 538 g/mol. The third kappa shape index (κ3) is 21.4. The summed E-state index contributed by atoms with van der Waals surface area (Å²) in [6, 6.07) is 0. The summed E-state index contributed by atoms with van der Waals surface area (Å²) in [6.45, 7) is 0. The maximum atomic E-state index is 7.45. The maximum absolute atomic E-state index is 7.45. The van der Waals surface area contributed by atoms with E-state index in [1.54, 1.807) is 0 Å². The molecule has 0 aromatic rings. The second-order valence-electron chi connectivity index (χ2n) is 5.41. The summed E-state index contributed by atoms with van der Waals surface area (Å²) in [7, 11) is 0. The van der Waals surface area contributed by atoms with Crippen molar-refractivity contribution in [2.24, 2.45) is 22.9 Å². The largest absolute Gasteiger partial charge is 0.379 e. The van der Waals surface area contributed by atoms with Crippen LogP contribution in [0.3, 0.4) is 0 Å². The molecule has 8 nitrogen and oxygen atoms in total. The fourth-order valence-electron chi connectivity index (χ4n) is 1.74. The van der Waals surface area contributed by atoms with Crippen molar-refractivity contribution in [3.05, 3.63) is 0 Å². The molecule has 0 aliphatic carbocycles. The van der Waals surface area contributed by atoms with Crippen molar-refractivity contribution in [3.63, 3.8) is 0 Å². The van der Waals surface area contributed by atoms with Crippen LogP contribution in [-0.2, 0) is 0 Å². The number of nitrogens with two attached hydrogens (primary N) is 7. The Morgan fingerprint density at radius 3 is 1.41 bits per heavy atom. The molecule has 0 aliphatic heterocycles. The topological polar surface area (TPSA) is 205 Å². The van der Waals surface area contributed by atoms with E-state index in [4.69, 9.17) is 44.6 Å². The SMILES string of the molecule is N=C(N)SCC(CSCC(CSC(N)=[NH2+])SCCSC(N)=[NH2+])SCCSC(N)=[NH2+]. The minimum absolute atomic E-state index is 0.154. The zero-order valence-electron chi connectivity index (χ0n) is 16.2. The lowest BCUT2D eigenvalue weighted by molar-refractivity contribution is -0.110. The Labute approximate surface area is 202 Å². The Hall–Kier alpha value is 0.330. The highest BCUT2D eigenvalue weighted by Crippen LogP contribution is 2.26. The molecule has 0 bridgehead atoms. The molecule has 0 saturated carbocycles. The summed E-state index contributed by atoms with van der Waals surface area (Å²) in [5.74, 6) is 7.34. The molecule has 0 rings (SSSR count). The fourth-order valence-corrected chi connectivity index (χ4v) is 9.02. The minimum atomic E-state index is 0.154. The van der Waals surface area contributed by atoms with E-state index in [0.29, 0.717) is 26.0 Å². The lowest BCUT2D eigenvalue weighted by Gasteiger charge is -2.18. The lowest BCUT2D eigenvalue weighted by atomic mass is 10.5. The summed E-state index contributed by atoms with van der Waals surface area (Å²) in [4.78, 5) is 0. The predicted molar refractivity (Wildman–Crippen MR) is 145 cm³/mol. The molecular formula is C14H33N8S7+3. The van der Waals surface area contributed by atoms with Gasteiger partial charge >= 0.3 is 0 Å². The highest BCUT2D eigenvalue weighted by Gasteiger charge is 2.16. The Morgan fingerprint density at radius 2 is 1.03 bits per heavy atom. The van der Waals surface area contributed by atoms with Crippen molar-refractivity contribution >= 4 is 103 Å². The highest BCUT2D eigenvalue weighted by molar-refractivity contribution is 8.16. The van der Waals surface area contributed by atoms with Gasteiger partial charge in [-0.1, -0.05) is 11.8 Å². The molecule has 0 aromatic carbocycles. The molecule has 168 valence electrons. The summed E-state index contributed by atoms with van der Waals surface area (Å²) in [6.07, 6.45) is 0. The van der Waals surface area contributed by atoms with E-state index in [9.17, 15) is 0 Å². The highest BCUT2D eigenvalue weighted by atomic mass is 32.2. The zero-order chi connectivity index (χ0) is 22.1. The normalized spacial score (nSPS) is 13.0. The number of hydrogen-bond acceptors (Lipinski definition) is 8. The van der Waals surface area contributed by atoms with Gasteiger partial charge in [-0.25, -0.2) is 0 Å². The van der Waals surface area contributed by atoms with Crippen LogP contribution >= 0.6 is 82.3 Å². The van der Waals surface area contributed by atoms with Crippen LogP contribution < -0.4 is 39.2 Å². The Kier molecular flexibility index (Phi) is 19.3. The Bertz CT molecular complexity index is 478. The smallest absolute Gasteiger partial charge is 0.299 e. The Morgan fingerprint density at radius 1 is 0.621 bits per heavy atom. The first-order chi connectivity index (χ1) is 13.7. The van der Waals surface area contributed by atoms with Crippen LogP contribution in [0.4, 0.5) is 0 Å². The fraction of sp³-hybridized carbons (Fsp3) is 0.714. The van der Waals surface area contributed by atoms with Gasteiger partial charge in [0.2, 0.25) is 0 Å². The van der Waals surface area contributed by atoms with Crippen molar-refractivity contribution in [3.8, 4) is 0 Å². The molecule has 2 atom stereocenters. The van der Waals surface area contributed by atoms with E-state index in [0.717, 1.165) is 46.0 Å². The minimum Gasteiger partial charge on any atom is -0.379 e. The van der Waals surface area contributed by atoms with Crippen LogP contribution in [0.15, 0.2) is 0 Å². The van der Waals surface area contributed by atoms with Gasteiger partial charge < -0.3 is 5.73 Å². The molecule has 0 aliphatic rings. The molecule has 2 unspecified atom stereocenters. The van der Waals surface area contributed by atoms with Crippen molar-refractivity contribution in [1.29, 1.82) is 5.41 Å². The van der Waals surface area contributed by atoms with Gasteiger partial charge in [0.15, 0.2) is 5.17 Å². The maximum Gasteiger partial charge on any atom is 0.299 e. The van der Waals surface area contributed by atoms with Gasteiger partial charge in [-0.15, -0.1) is 0 Å². The van der Waals surface area contributed by atoms with Gasteiger partial charge in [0.25, 0.3) is 15.5 Å². The number of hydrogen-bond donors (Lipinski definition) is 8. The molecule has 0 fully saturated rings. The second kappa shape index (κ2) is 19.0. The van der Waals surface area contributed by atoms with E-state index in [1.165, 1.54) is 47.0 Å². The van der Waals surface area contributed by atoms with Crippen LogP contribution in [0.1, 0.15) is 0 Å². The number of rotatable bonds is 16. The van der Waals surface area contributed by atoms with Crippen LogP contribution in [-0.4, -0.2) is 77.2 Å². The van der Waals surface area contributed by atoms with Crippen LogP contribution in [0.2, 0.25) is 0 Å². The molecule has 0 spiro atoms. The molecule has 0 amide bonds. The molecule has 15 heteroatoms. The molecule has 0 saturated heterocycles. The van der Waals surface area contributed by atoms with Gasteiger partial charge in [0.1, 0.15) is 0 Å². The predicted octanol–water partition coefficient (Wildman–Crippen LogP) is -3.03. The van der Waals surface area contributed by atoms with E-state index in [2.05, 4.69) is 0 Å². The summed E-state index contributed by atoms with van der Waals surface area (Å²) < 4.78 is 0. The standard InChI is InChI=1S/C14H30N8S7/c15-11(16)26-3-1-24-9(7-28-13(19)20)5-23-6-10(8-29-14(21)22)25-2-4-27-12(17)18/h9-10H,1-8H2,(H3,15,16)(H3,17,18)(H3,19,20)(H3,21,22)/p+3.